The summed E-state index contributed by atoms with van der Waals surface area (Å²) in [6.45, 7) is 2.33. The van der Waals surface area contributed by atoms with Crippen molar-refractivity contribution in [2.75, 3.05) is 11.5 Å². The second-order valence-corrected chi connectivity index (χ2v) is 8.07. The highest BCUT2D eigenvalue weighted by atomic mass is 32.2. The Hall–Kier alpha value is -0.230. The van der Waals surface area contributed by atoms with Gasteiger partial charge in [0.15, 0.2) is 0 Å². The fourth-order valence-electron chi connectivity index (χ4n) is 3.28. The standard InChI is InChI=1S/C14H21N3S2/c1-9-14(19-8-7-18-9)13(17-15)11-5-4-10-3-2-6-16-12(10)11/h2-3,6,9,11,13-14,17H,4-5,7-8,15H2,1H3. The van der Waals surface area contributed by atoms with E-state index in [2.05, 4.69) is 46.9 Å². The Labute approximate surface area is 123 Å². The highest BCUT2D eigenvalue weighted by molar-refractivity contribution is 8.07. The molecular weight excluding hydrogens is 274 g/mol. The quantitative estimate of drug-likeness (QED) is 0.661. The van der Waals surface area contributed by atoms with Gasteiger partial charge in [0, 0.05) is 45.9 Å². The van der Waals surface area contributed by atoms with Gasteiger partial charge in [-0.25, -0.2) is 0 Å². The molecule has 1 aliphatic carbocycles. The number of thioether (sulfide) groups is 2. The van der Waals surface area contributed by atoms with Gasteiger partial charge in [0.2, 0.25) is 0 Å². The summed E-state index contributed by atoms with van der Waals surface area (Å²) in [5, 5.41) is 1.24. The van der Waals surface area contributed by atoms with Crippen molar-refractivity contribution in [2.45, 2.75) is 42.2 Å². The number of fused-ring (bicyclic) bond motifs is 1. The largest absolute Gasteiger partial charge is 0.271 e. The lowest BCUT2D eigenvalue weighted by Crippen LogP contribution is -2.50. The van der Waals surface area contributed by atoms with Crippen LogP contribution in [0.15, 0.2) is 18.3 Å². The van der Waals surface area contributed by atoms with Crippen molar-refractivity contribution in [2.24, 2.45) is 5.84 Å². The zero-order valence-electron chi connectivity index (χ0n) is 11.2. The zero-order chi connectivity index (χ0) is 13.2. The molecule has 0 amide bonds. The van der Waals surface area contributed by atoms with Gasteiger partial charge in [-0.1, -0.05) is 13.0 Å². The monoisotopic (exact) mass is 295 g/mol. The van der Waals surface area contributed by atoms with Crippen LogP contribution in [0.5, 0.6) is 0 Å². The average molecular weight is 295 g/mol. The molecule has 3 N–H and O–H groups in total. The van der Waals surface area contributed by atoms with Crippen LogP contribution < -0.4 is 11.3 Å². The van der Waals surface area contributed by atoms with E-state index in [0.29, 0.717) is 22.5 Å². The predicted octanol–water partition coefficient (Wildman–Crippen LogP) is 2.18. The molecule has 0 bridgehead atoms. The molecule has 3 nitrogen and oxygen atoms in total. The zero-order valence-corrected chi connectivity index (χ0v) is 12.8. The van der Waals surface area contributed by atoms with Crippen LogP contribution in [-0.2, 0) is 6.42 Å². The molecule has 1 aromatic heterocycles. The van der Waals surface area contributed by atoms with Crippen LogP contribution in [0.25, 0.3) is 0 Å². The molecule has 1 saturated heterocycles. The Morgan fingerprint density at radius 2 is 2.26 bits per heavy atom. The smallest absolute Gasteiger partial charge is 0.0483 e. The Balaban J connectivity index is 1.83. The molecule has 1 fully saturated rings. The second kappa shape index (κ2) is 6.04. The Bertz CT molecular complexity index is 440. The molecule has 0 aromatic carbocycles. The lowest BCUT2D eigenvalue weighted by molar-refractivity contribution is 0.416. The number of aromatic nitrogens is 1. The molecule has 0 radical (unpaired) electrons. The summed E-state index contributed by atoms with van der Waals surface area (Å²) in [6.07, 6.45) is 4.23. The van der Waals surface area contributed by atoms with Crippen molar-refractivity contribution in [3.63, 3.8) is 0 Å². The van der Waals surface area contributed by atoms with Crippen molar-refractivity contribution in [3.8, 4) is 0 Å². The van der Waals surface area contributed by atoms with E-state index in [1.807, 2.05) is 12.3 Å². The normalized spacial score (nSPS) is 32.0. The number of hydrogen-bond acceptors (Lipinski definition) is 5. The van der Waals surface area contributed by atoms with Crippen molar-refractivity contribution in [1.82, 2.24) is 10.4 Å². The molecule has 2 heterocycles. The molecule has 0 saturated carbocycles. The first-order chi connectivity index (χ1) is 9.31. The van der Waals surface area contributed by atoms with Gasteiger partial charge >= 0.3 is 0 Å². The molecule has 104 valence electrons. The molecule has 4 atom stereocenters. The van der Waals surface area contributed by atoms with Gasteiger partial charge in [-0.15, -0.1) is 0 Å². The summed E-state index contributed by atoms with van der Waals surface area (Å²) in [4.78, 5) is 4.62. The summed E-state index contributed by atoms with van der Waals surface area (Å²) >= 11 is 4.15. The van der Waals surface area contributed by atoms with Gasteiger partial charge in [-0.05, 0) is 24.5 Å². The third-order valence-corrected chi connectivity index (χ3v) is 7.43. The first-order valence-electron chi connectivity index (χ1n) is 6.94. The summed E-state index contributed by atoms with van der Waals surface area (Å²) in [5.74, 6) is 8.87. The van der Waals surface area contributed by atoms with Crippen molar-refractivity contribution in [3.05, 3.63) is 29.6 Å². The van der Waals surface area contributed by atoms with Gasteiger partial charge in [0.05, 0.1) is 0 Å². The number of hydrazine groups is 1. The van der Waals surface area contributed by atoms with Crippen molar-refractivity contribution < 1.29 is 0 Å². The molecule has 1 aromatic rings. The van der Waals surface area contributed by atoms with Gasteiger partial charge in [-0.3, -0.25) is 16.3 Å². The molecular formula is C14H21N3S2. The summed E-state index contributed by atoms with van der Waals surface area (Å²) in [7, 11) is 0. The lowest BCUT2D eigenvalue weighted by atomic mass is 9.93. The van der Waals surface area contributed by atoms with Crippen LogP contribution in [0, 0.1) is 0 Å². The van der Waals surface area contributed by atoms with E-state index >= 15 is 0 Å². The first kappa shape index (κ1) is 13.7. The maximum atomic E-state index is 5.90. The van der Waals surface area contributed by atoms with Crippen molar-refractivity contribution in [1.29, 1.82) is 0 Å². The number of rotatable bonds is 3. The van der Waals surface area contributed by atoms with Crippen molar-refractivity contribution >= 4 is 23.5 Å². The van der Waals surface area contributed by atoms with Crippen LogP contribution >= 0.6 is 23.5 Å². The number of aryl methyl sites for hydroxylation is 1. The number of hydrogen-bond donors (Lipinski definition) is 2. The molecule has 19 heavy (non-hydrogen) atoms. The minimum Gasteiger partial charge on any atom is -0.271 e. The number of nitrogens with one attached hydrogen (secondary N) is 1. The van der Waals surface area contributed by atoms with Gasteiger partial charge < -0.3 is 0 Å². The van der Waals surface area contributed by atoms with E-state index in [-0.39, 0.29) is 0 Å². The molecule has 2 aliphatic rings. The van der Waals surface area contributed by atoms with E-state index in [0.717, 1.165) is 6.42 Å². The van der Waals surface area contributed by atoms with E-state index in [9.17, 15) is 0 Å². The maximum Gasteiger partial charge on any atom is 0.0483 e. The molecule has 0 spiro atoms. The summed E-state index contributed by atoms with van der Waals surface area (Å²) < 4.78 is 0. The van der Waals surface area contributed by atoms with Gasteiger partial charge in [0.25, 0.3) is 0 Å². The van der Waals surface area contributed by atoms with Crippen LogP contribution in [-0.4, -0.2) is 33.0 Å². The minimum atomic E-state index is 0.337. The van der Waals surface area contributed by atoms with Crippen LogP contribution in [0.1, 0.15) is 30.5 Å². The van der Waals surface area contributed by atoms with Crippen LogP contribution in [0.3, 0.4) is 0 Å². The van der Waals surface area contributed by atoms with E-state index in [4.69, 9.17) is 5.84 Å². The molecule has 5 heteroatoms. The van der Waals surface area contributed by atoms with E-state index < -0.39 is 0 Å². The third kappa shape index (κ3) is 2.66. The number of nitrogens with two attached hydrogens (primary N) is 1. The number of pyridine rings is 1. The predicted molar refractivity (Wildman–Crippen MR) is 84.6 cm³/mol. The molecule has 3 rings (SSSR count). The van der Waals surface area contributed by atoms with E-state index in [1.54, 1.807) is 0 Å². The molecule has 1 aliphatic heterocycles. The van der Waals surface area contributed by atoms with Gasteiger partial charge in [0.1, 0.15) is 0 Å². The van der Waals surface area contributed by atoms with Crippen LogP contribution in [0.4, 0.5) is 0 Å². The fourth-order valence-corrected chi connectivity index (χ4v) is 6.27. The highest BCUT2D eigenvalue weighted by Gasteiger charge is 2.38. The second-order valence-electron chi connectivity index (χ2n) is 5.30. The first-order valence-corrected chi connectivity index (χ1v) is 9.04. The molecule has 4 unspecified atom stereocenters. The lowest BCUT2D eigenvalue weighted by Gasteiger charge is -2.37. The van der Waals surface area contributed by atoms with Gasteiger partial charge in [-0.2, -0.15) is 23.5 Å². The Kier molecular flexibility index (Phi) is 4.37. The summed E-state index contributed by atoms with van der Waals surface area (Å²) in [5.41, 5.74) is 5.79. The van der Waals surface area contributed by atoms with Crippen LogP contribution in [0.2, 0.25) is 0 Å². The average Bonchev–Trinajstić information content (AvgIpc) is 2.86. The fraction of sp³-hybridized carbons (Fsp3) is 0.643. The summed E-state index contributed by atoms with van der Waals surface area (Å²) in [6, 6.07) is 4.59. The third-order valence-electron chi connectivity index (χ3n) is 4.22. The SMILES string of the molecule is CC1SCCSC1C(NN)C1CCc2cccnc21. The maximum absolute atomic E-state index is 5.90. The van der Waals surface area contributed by atoms with E-state index in [1.165, 1.54) is 29.2 Å². The topological polar surface area (TPSA) is 50.9 Å². The Morgan fingerprint density at radius 3 is 3.05 bits per heavy atom. The highest BCUT2D eigenvalue weighted by Crippen LogP contribution is 2.41. The number of nitrogens with zero attached hydrogens (tertiary/aromatic N) is 1. The minimum absolute atomic E-state index is 0.337. The Morgan fingerprint density at radius 1 is 1.42 bits per heavy atom.